The zero-order valence-electron chi connectivity index (χ0n) is 9.98. The van der Waals surface area contributed by atoms with Gasteiger partial charge in [-0.15, -0.1) is 0 Å². The highest BCUT2D eigenvalue weighted by Crippen LogP contribution is 2.39. The van der Waals surface area contributed by atoms with Crippen LogP contribution in [0.4, 0.5) is 24.0 Å². The van der Waals surface area contributed by atoms with E-state index in [1.165, 1.54) is 7.05 Å². The highest BCUT2D eigenvalue weighted by molar-refractivity contribution is 7.11. The molecule has 2 rings (SSSR count). The number of nitrogen functional groups attached to an aromatic ring is 1. The Labute approximate surface area is 111 Å². The third kappa shape index (κ3) is 3.14. The molecule has 0 amide bonds. The van der Waals surface area contributed by atoms with Crippen LogP contribution >= 0.6 is 11.5 Å². The Bertz CT molecular complexity index is 553. The van der Waals surface area contributed by atoms with E-state index in [4.69, 9.17) is 5.73 Å². The van der Waals surface area contributed by atoms with Gasteiger partial charge >= 0.3 is 6.18 Å². The van der Waals surface area contributed by atoms with E-state index >= 15 is 0 Å². The number of nitrogens with zero attached hydrogens (tertiary/aromatic N) is 3. The van der Waals surface area contributed by atoms with Crippen molar-refractivity contribution in [1.29, 1.82) is 0 Å². The number of anilines is 2. The van der Waals surface area contributed by atoms with Crippen molar-refractivity contribution in [2.24, 2.45) is 0 Å². The topological polar surface area (TPSA) is 55.0 Å². The summed E-state index contributed by atoms with van der Waals surface area (Å²) >= 11 is 0.943. The van der Waals surface area contributed by atoms with Gasteiger partial charge in [0.2, 0.25) is 0 Å². The van der Waals surface area contributed by atoms with Gasteiger partial charge in [0.15, 0.2) is 0 Å². The predicted octanol–water partition coefficient (Wildman–Crippen LogP) is 2.79. The van der Waals surface area contributed by atoms with Gasteiger partial charge in [-0.3, -0.25) is 4.98 Å². The average molecular weight is 288 g/mol. The molecule has 0 aliphatic heterocycles. The minimum absolute atomic E-state index is 0.210. The first kappa shape index (κ1) is 13.6. The van der Waals surface area contributed by atoms with Gasteiger partial charge in [-0.05, 0) is 17.6 Å². The summed E-state index contributed by atoms with van der Waals surface area (Å²) in [5, 5.41) is 0.378. The Morgan fingerprint density at radius 2 is 2.16 bits per heavy atom. The van der Waals surface area contributed by atoms with Gasteiger partial charge in [-0.1, -0.05) is 6.07 Å². The summed E-state index contributed by atoms with van der Waals surface area (Å²) in [4.78, 5) is 5.03. The molecule has 2 N–H and O–H groups in total. The second kappa shape index (κ2) is 5.04. The molecule has 0 atom stereocenters. The van der Waals surface area contributed by atoms with Crippen molar-refractivity contribution in [1.82, 2.24) is 9.36 Å². The van der Waals surface area contributed by atoms with E-state index in [0.717, 1.165) is 16.4 Å². The molecule has 8 heteroatoms. The van der Waals surface area contributed by atoms with Crippen molar-refractivity contribution >= 4 is 22.4 Å². The smallest absolute Gasteiger partial charge is 0.382 e. The van der Waals surface area contributed by atoms with E-state index in [2.05, 4.69) is 9.36 Å². The standard InChI is InChI=1S/C11H11F3N4S/c1-18(6-11(12,13)14)10-8(9(15)17-19-10)7-3-2-4-16-5-7/h2-5H,6H2,1H3,(H2,15,17). The molecule has 2 aromatic rings. The zero-order valence-corrected chi connectivity index (χ0v) is 10.8. The van der Waals surface area contributed by atoms with Crippen LogP contribution in [0.15, 0.2) is 24.5 Å². The molecule has 0 bridgehead atoms. The van der Waals surface area contributed by atoms with Gasteiger partial charge < -0.3 is 10.6 Å². The average Bonchev–Trinajstić information content (AvgIpc) is 2.70. The monoisotopic (exact) mass is 288 g/mol. The molecule has 102 valence electrons. The minimum atomic E-state index is -4.28. The maximum absolute atomic E-state index is 12.4. The number of pyridine rings is 1. The zero-order chi connectivity index (χ0) is 14.0. The van der Waals surface area contributed by atoms with Gasteiger partial charge in [0.1, 0.15) is 17.4 Å². The molecule has 0 unspecified atom stereocenters. The minimum Gasteiger partial charge on any atom is -0.382 e. The molecule has 4 nitrogen and oxygen atoms in total. The van der Waals surface area contributed by atoms with Gasteiger partial charge in [-0.2, -0.15) is 17.5 Å². The summed E-state index contributed by atoms with van der Waals surface area (Å²) in [7, 11) is 1.36. The number of rotatable bonds is 3. The van der Waals surface area contributed by atoms with E-state index in [1.807, 2.05) is 0 Å². The van der Waals surface area contributed by atoms with Crippen LogP contribution in [-0.4, -0.2) is 29.1 Å². The molecule has 0 spiro atoms. The lowest BCUT2D eigenvalue weighted by Crippen LogP contribution is -2.30. The number of hydrogen-bond donors (Lipinski definition) is 1. The van der Waals surface area contributed by atoms with Crippen LogP contribution in [-0.2, 0) is 0 Å². The molecule has 19 heavy (non-hydrogen) atoms. The van der Waals surface area contributed by atoms with E-state index in [1.54, 1.807) is 24.5 Å². The van der Waals surface area contributed by atoms with E-state index < -0.39 is 12.7 Å². The summed E-state index contributed by atoms with van der Waals surface area (Å²) in [6, 6.07) is 3.43. The van der Waals surface area contributed by atoms with Crippen LogP contribution in [0.25, 0.3) is 11.1 Å². The summed E-state index contributed by atoms with van der Waals surface area (Å²) in [6.45, 7) is -1.05. The molecule has 2 aromatic heterocycles. The molecule has 0 saturated carbocycles. The van der Waals surface area contributed by atoms with Crippen LogP contribution in [0.1, 0.15) is 0 Å². The number of alkyl halides is 3. The first-order valence-corrected chi connectivity index (χ1v) is 6.09. The van der Waals surface area contributed by atoms with Gasteiger partial charge in [0.05, 0.1) is 5.56 Å². The molecule has 0 saturated heterocycles. The van der Waals surface area contributed by atoms with Crippen molar-refractivity contribution in [3.63, 3.8) is 0 Å². The highest BCUT2D eigenvalue weighted by Gasteiger charge is 2.31. The molecule has 0 aliphatic rings. The second-order valence-corrected chi connectivity index (χ2v) is 4.71. The molecular formula is C11H11F3N4S. The second-order valence-electron chi connectivity index (χ2n) is 3.96. The van der Waals surface area contributed by atoms with Crippen LogP contribution in [0.5, 0.6) is 0 Å². The van der Waals surface area contributed by atoms with Crippen LogP contribution in [0.2, 0.25) is 0 Å². The third-order valence-electron chi connectivity index (χ3n) is 2.41. The molecule has 0 radical (unpaired) electrons. The maximum Gasteiger partial charge on any atom is 0.405 e. The molecule has 0 fully saturated rings. The Morgan fingerprint density at radius 1 is 1.42 bits per heavy atom. The quantitative estimate of drug-likeness (QED) is 0.943. The Balaban J connectivity index is 2.38. The molecular weight excluding hydrogens is 277 g/mol. The Morgan fingerprint density at radius 3 is 2.74 bits per heavy atom. The summed E-state index contributed by atoms with van der Waals surface area (Å²) in [6.07, 6.45) is -1.15. The molecule has 2 heterocycles. The fourth-order valence-corrected chi connectivity index (χ4v) is 2.47. The van der Waals surface area contributed by atoms with Crippen molar-refractivity contribution < 1.29 is 13.2 Å². The van der Waals surface area contributed by atoms with E-state index in [9.17, 15) is 13.2 Å². The van der Waals surface area contributed by atoms with Gasteiger partial charge in [0, 0.05) is 25.0 Å². The number of nitrogens with two attached hydrogens (primary N) is 1. The van der Waals surface area contributed by atoms with Gasteiger partial charge in [-0.25, -0.2) is 0 Å². The number of halogens is 3. The van der Waals surface area contributed by atoms with E-state index in [0.29, 0.717) is 16.1 Å². The normalized spacial score (nSPS) is 11.6. The Kier molecular flexibility index (Phi) is 3.61. The fraction of sp³-hybridized carbons (Fsp3) is 0.273. The number of hydrogen-bond acceptors (Lipinski definition) is 5. The summed E-state index contributed by atoms with van der Waals surface area (Å²) in [5.74, 6) is 0.210. The van der Waals surface area contributed by atoms with Crippen LogP contribution in [0.3, 0.4) is 0 Å². The van der Waals surface area contributed by atoms with Crippen molar-refractivity contribution in [2.75, 3.05) is 24.2 Å². The molecule has 0 aliphatic carbocycles. The Hall–Kier alpha value is -1.83. The van der Waals surface area contributed by atoms with Crippen molar-refractivity contribution in [2.45, 2.75) is 6.18 Å². The van der Waals surface area contributed by atoms with Crippen molar-refractivity contribution in [3.05, 3.63) is 24.5 Å². The summed E-state index contributed by atoms with van der Waals surface area (Å²) < 4.78 is 41.2. The fourth-order valence-electron chi connectivity index (χ4n) is 1.68. The first-order valence-electron chi connectivity index (χ1n) is 5.32. The van der Waals surface area contributed by atoms with Crippen molar-refractivity contribution in [3.8, 4) is 11.1 Å². The van der Waals surface area contributed by atoms with E-state index in [-0.39, 0.29) is 5.82 Å². The number of aromatic nitrogens is 2. The highest BCUT2D eigenvalue weighted by atomic mass is 32.1. The maximum atomic E-state index is 12.4. The summed E-state index contributed by atoms with van der Waals surface area (Å²) in [5.41, 5.74) is 6.88. The lowest BCUT2D eigenvalue weighted by molar-refractivity contribution is -0.119. The third-order valence-corrected chi connectivity index (χ3v) is 3.39. The van der Waals surface area contributed by atoms with Gasteiger partial charge in [0.25, 0.3) is 0 Å². The predicted molar refractivity (Wildman–Crippen MR) is 69.1 cm³/mol. The SMILES string of the molecule is CN(CC(F)(F)F)c1snc(N)c1-c1cccnc1. The molecule has 0 aromatic carbocycles. The lowest BCUT2D eigenvalue weighted by Gasteiger charge is -2.20. The van der Waals surface area contributed by atoms with Crippen LogP contribution in [0, 0.1) is 0 Å². The first-order chi connectivity index (χ1) is 8.88. The largest absolute Gasteiger partial charge is 0.405 e. The van der Waals surface area contributed by atoms with Crippen LogP contribution < -0.4 is 10.6 Å². The lowest BCUT2D eigenvalue weighted by atomic mass is 10.1.